The van der Waals surface area contributed by atoms with Gasteiger partial charge in [-0.2, -0.15) is 0 Å². The van der Waals surface area contributed by atoms with Crippen molar-refractivity contribution < 1.29 is 18.8 Å². The zero-order valence-electron chi connectivity index (χ0n) is 19.4. The van der Waals surface area contributed by atoms with Gasteiger partial charge >= 0.3 is 0 Å². The molecule has 1 aromatic carbocycles. The lowest BCUT2D eigenvalue weighted by Crippen LogP contribution is -2.49. The van der Waals surface area contributed by atoms with Crippen LogP contribution in [0.4, 0.5) is 5.69 Å². The molecule has 3 aromatic rings. The lowest BCUT2D eigenvalue weighted by molar-refractivity contribution is -0.127. The number of carbonyl (C=O) groups is 3. The molecule has 2 heterocycles. The Hall–Kier alpha value is -3.39. The molecule has 8 heteroatoms. The normalized spacial score (nSPS) is 14.5. The number of para-hydroxylation sites is 1. The molecule has 178 valence electrons. The molecule has 0 spiro atoms. The van der Waals surface area contributed by atoms with Gasteiger partial charge in [0.25, 0.3) is 11.8 Å². The van der Waals surface area contributed by atoms with Crippen molar-refractivity contribution in [2.24, 2.45) is 0 Å². The standard InChI is InChI=1S/C26H29N3O4S/c1-17-8-3-6-11-20(17)29(23(30)16-27-25(31)22-12-7-15-34-22)24(21-14-13-18(2)33-21)26(32)28-19-9-4-5-10-19/h3,6-8,11-15,19,24H,4-5,9-10,16H2,1-2H3,(H,27,31)(H,28,32). The van der Waals surface area contributed by atoms with E-state index in [2.05, 4.69) is 10.6 Å². The fourth-order valence-corrected chi connectivity index (χ4v) is 4.95. The first-order chi connectivity index (χ1) is 16.4. The van der Waals surface area contributed by atoms with Crippen LogP contribution >= 0.6 is 11.3 Å². The van der Waals surface area contributed by atoms with E-state index in [-0.39, 0.29) is 24.4 Å². The van der Waals surface area contributed by atoms with Crippen molar-refractivity contribution in [1.82, 2.24) is 10.6 Å². The highest BCUT2D eigenvalue weighted by Crippen LogP contribution is 2.32. The Morgan fingerprint density at radius 1 is 1.06 bits per heavy atom. The van der Waals surface area contributed by atoms with Crippen LogP contribution in [0.15, 0.2) is 58.3 Å². The summed E-state index contributed by atoms with van der Waals surface area (Å²) in [5, 5.41) is 7.62. The van der Waals surface area contributed by atoms with E-state index in [1.807, 2.05) is 25.1 Å². The van der Waals surface area contributed by atoms with Crippen LogP contribution in [0.2, 0.25) is 0 Å². The second kappa shape index (κ2) is 10.7. The second-order valence-corrected chi connectivity index (χ2v) is 9.50. The molecule has 1 aliphatic carbocycles. The predicted molar refractivity (Wildman–Crippen MR) is 132 cm³/mol. The third kappa shape index (κ3) is 5.39. The van der Waals surface area contributed by atoms with Gasteiger partial charge in [0, 0.05) is 11.7 Å². The average Bonchev–Trinajstić information content (AvgIpc) is 3.59. The Labute approximate surface area is 203 Å². The fraction of sp³-hybridized carbons (Fsp3) is 0.346. The molecular formula is C26H29N3O4S. The van der Waals surface area contributed by atoms with E-state index in [1.165, 1.54) is 16.2 Å². The molecule has 7 nitrogen and oxygen atoms in total. The SMILES string of the molecule is Cc1ccc(C(C(=O)NC2CCCC2)N(C(=O)CNC(=O)c2cccs2)c2ccccc2C)o1. The molecule has 3 amide bonds. The van der Waals surface area contributed by atoms with E-state index in [1.54, 1.807) is 42.6 Å². The van der Waals surface area contributed by atoms with Gasteiger partial charge in [-0.15, -0.1) is 11.3 Å². The van der Waals surface area contributed by atoms with E-state index in [9.17, 15) is 14.4 Å². The van der Waals surface area contributed by atoms with Crippen LogP contribution in [0.1, 0.15) is 58.5 Å². The molecule has 2 aromatic heterocycles. The van der Waals surface area contributed by atoms with Gasteiger partial charge in [0.1, 0.15) is 11.5 Å². The first kappa shape index (κ1) is 23.8. The number of thiophene rings is 1. The molecule has 0 aliphatic heterocycles. The number of carbonyl (C=O) groups excluding carboxylic acids is 3. The predicted octanol–water partition coefficient (Wildman–Crippen LogP) is 4.52. The first-order valence-corrected chi connectivity index (χ1v) is 12.4. The Kier molecular flexibility index (Phi) is 7.47. The molecule has 2 N–H and O–H groups in total. The van der Waals surface area contributed by atoms with E-state index in [4.69, 9.17) is 4.42 Å². The highest BCUT2D eigenvalue weighted by Gasteiger charge is 2.37. The molecule has 1 unspecified atom stereocenters. The van der Waals surface area contributed by atoms with E-state index in [0.29, 0.717) is 22.1 Å². The molecule has 1 atom stereocenters. The lowest BCUT2D eigenvalue weighted by atomic mass is 10.1. The number of furan rings is 1. The minimum absolute atomic E-state index is 0.0819. The van der Waals surface area contributed by atoms with Crippen LogP contribution in [0.25, 0.3) is 0 Å². The van der Waals surface area contributed by atoms with Crippen LogP contribution in [0, 0.1) is 13.8 Å². The molecule has 4 rings (SSSR count). The van der Waals surface area contributed by atoms with E-state index >= 15 is 0 Å². The summed E-state index contributed by atoms with van der Waals surface area (Å²) in [6.45, 7) is 3.44. The number of aryl methyl sites for hydroxylation is 2. The summed E-state index contributed by atoms with van der Waals surface area (Å²) < 4.78 is 5.87. The summed E-state index contributed by atoms with van der Waals surface area (Å²) in [6.07, 6.45) is 3.99. The smallest absolute Gasteiger partial charge is 0.261 e. The Morgan fingerprint density at radius 3 is 2.47 bits per heavy atom. The maximum Gasteiger partial charge on any atom is 0.261 e. The van der Waals surface area contributed by atoms with Crippen LogP contribution in [-0.4, -0.2) is 30.3 Å². The second-order valence-electron chi connectivity index (χ2n) is 8.55. The lowest BCUT2D eigenvalue weighted by Gasteiger charge is -2.32. The summed E-state index contributed by atoms with van der Waals surface area (Å²) in [5.41, 5.74) is 1.43. The minimum Gasteiger partial charge on any atom is -0.464 e. The fourth-order valence-electron chi connectivity index (χ4n) is 4.31. The third-order valence-electron chi connectivity index (χ3n) is 6.03. The van der Waals surface area contributed by atoms with Gasteiger partial charge in [-0.3, -0.25) is 19.3 Å². The molecule has 1 saturated carbocycles. The summed E-state index contributed by atoms with van der Waals surface area (Å²) in [7, 11) is 0. The topological polar surface area (TPSA) is 91.7 Å². The Balaban J connectivity index is 1.67. The van der Waals surface area contributed by atoms with Crippen molar-refractivity contribution in [3.05, 3.63) is 75.9 Å². The zero-order chi connectivity index (χ0) is 24.1. The van der Waals surface area contributed by atoms with Gasteiger partial charge in [0.2, 0.25) is 5.91 Å². The monoisotopic (exact) mass is 479 g/mol. The number of anilines is 1. The molecule has 0 saturated heterocycles. The van der Waals surface area contributed by atoms with Crippen molar-refractivity contribution >= 4 is 34.7 Å². The highest BCUT2D eigenvalue weighted by atomic mass is 32.1. The Morgan fingerprint density at radius 2 is 1.82 bits per heavy atom. The summed E-state index contributed by atoms with van der Waals surface area (Å²) in [5.74, 6) is 0.0159. The maximum atomic E-state index is 13.6. The van der Waals surface area contributed by atoms with Crippen molar-refractivity contribution in [3.8, 4) is 0 Å². The van der Waals surface area contributed by atoms with Crippen molar-refractivity contribution in [1.29, 1.82) is 0 Å². The summed E-state index contributed by atoms with van der Waals surface area (Å²) in [6, 6.07) is 13.5. The molecule has 1 fully saturated rings. The van der Waals surface area contributed by atoms with Crippen molar-refractivity contribution in [2.45, 2.75) is 51.6 Å². The van der Waals surface area contributed by atoms with Crippen molar-refractivity contribution in [2.75, 3.05) is 11.4 Å². The number of rotatable bonds is 8. The average molecular weight is 480 g/mol. The van der Waals surface area contributed by atoms with Gasteiger partial charge in [0.05, 0.1) is 11.4 Å². The summed E-state index contributed by atoms with van der Waals surface area (Å²) >= 11 is 1.30. The minimum atomic E-state index is -0.999. The molecule has 0 bridgehead atoms. The molecule has 34 heavy (non-hydrogen) atoms. The van der Waals surface area contributed by atoms with Gasteiger partial charge in [-0.25, -0.2) is 0 Å². The van der Waals surface area contributed by atoms with Crippen LogP contribution in [-0.2, 0) is 9.59 Å². The van der Waals surface area contributed by atoms with Gasteiger partial charge < -0.3 is 15.1 Å². The van der Waals surface area contributed by atoms with E-state index in [0.717, 1.165) is 31.2 Å². The van der Waals surface area contributed by atoms with Gasteiger partial charge in [0.15, 0.2) is 6.04 Å². The van der Waals surface area contributed by atoms with Crippen LogP contribution in [0.5, 0.6) is 0 Å². The third-order valence-corrected chi connectivity index (χ3v) is 6.90. The van der Waals surface area contributed by atoms with Crippen molar-refractivity contribution in [3.63, 3.8) is 0 Å². The molecule has 0 radical (unpaired) electrons. The number of nitrogens with zero attached hydrogens (tertiary/aromatic N) is 1. The number of benzene rings is 1. The van der Waals surface area contributed by atoms with E-state index < -0.39 is 11.9 Å². The Bertz CT molecular complexity index is 1150. The quantitative estimate of drug-likeness (QED) is 0.497. The largest absolute Gasteiger partial charge is 0.464 e. The zero-order valence-corrected chi connectivity index (χ0v) is 20.2. The van der Waals surface area contributed by atoms with Gasteiger partial charge in [-0.1, -0.05) is 37.1 Å². The number of hydrogen-bond donors (Lipinski definition) is 2. The number of amides is 3. The molecular weight excluding hydrogens is 450 g/mol. The van der Waals surface area contributed by atoms with Crippen LogP contribution in [0.3, 0.4) is 0 Å². The highest BCUT2D eigenvalue weighted by molar-refractivity contribution is 7.12. The first-order valence-electron chi connectivity index (χ1n) is 11.5. The number of nitrogens with one attached hydrogen (secondary N) is 2. The van der Waals surface area contributed by atoms with Crippen LogP contribution < -0.4 is 15.5 Å². The number of hydrogen-bond acceptors (Lipinski definition) is 5. The molecule has 1 aliphatic rings. The maximum absolute atomic E-state index is 13.6. The summed E-state index contributed by atoms with van der Waals surface area (Å²) in [4.78, 5) is 41.7. The van der Waals surface area contributed by atoms with Gasteiger partial charge in [-0.05, 0) is 61.9 Å².